The molecular weight excluding hydrogens is 376 g/mol. The summed E-state index contributed by atoms with van der Waals surface area (Å²) in [5.74, 6) is -0.154. The van der Waals surface area contributed by atoms with Gasteiger partial charge in [0.05, 0.1) is 36.7 Å². The van der Waals surface area contributed by atoms with E-state index in [4.69, 9.17) is 5.73 Å². The highest BCUT2D eigenvalue weighted by Gasteiger charge is 2.19. The first-order valence-corrected chi connectivity index (χ1v) is 10.8. The molecule has 0 unspecified atom stereocenters. The second-order valence-electron chi connectivity index (χ2n) is 7.02. The fraction of sp³-hybridized carbons (Fsp3) is 0.300. The molecule has 8 heteroatoms. The normalized spacial score (nSPS) is 11.9. The zero-order chi connectivity index (χ0) is 20.5. The molecule has 148 valence electrons. The van der Waals surface area contributed by atoms with Crippen molar-refractivity contribution in [3.8, 4) is 0 Å². The van der Waals surface area contributed by atoms with Crippen molar-refractivity contribution < 1.29 is 13.2 Å². The molecule has 3 aromatic rings. The molecule has 0 aliphatic rings. The number of hydrogen-bond acceptors (Lipinski definition) is 5. The summed E-state index contributed by atoms with van der Waals surface area (Å²) in [6.45, 7) is 4.16. The summed E-state index contributed by atoms with van der Waals surface area (Å²) in [7, 11) is -3.52. The third-order valence-corrected chi connectivity index (χ3v) is 5.69. The molecule has 0 atom stereocenters. The van der Waals surface area contributed by atoms with Crippen LogP contribution in [0.1, 0.15) is 35.8 Å². The summed E-state index contributed by atoms with van der Waals surface area (Å²) in [5.41, 5.74) is 8.12. The summed E-state index contributed by atoms with van der Waals surface area (Å²) in [6.07, 6.45) is 2.96. The molecule has 0 saturated carbocycles. The van der Waals surface area contributed by atoms with E-state index < -0.39 is 10.0 Å². The van der Waals surface area contributed by atoms with Crippen molar-refractivity contribution in [1.29, 1.82) is 0 Å². The number of aromatic nitrogens is 2. The van der Waals surface area contributed by atoms with Gasteiger partial charge in [-0.15, -0.1) is 0 Å². The van der Waals surface area contributed by atoms with Gasteiger partial charge < -0.3 is 5.73 Å². The van der Waals surface area contributed by atoms with Crippen molar-refractivity contribution in [3.05, 3.63) is 59.8 Å². The van der Waals surface area contributed by atoms with Crippen LogP contribution in [0.3, 0.4) is 0 Å². The number of sulfonamides is 1. The third kappa shape index (κ3) is 4.07. The lowest BCUT2D eigenvalue weighted by Crippen LogP contribution is -2.29. The lowest BCUT2D eigenvalue weighted by molar-refractivity contribution is 0.100. The zero-order valence-electron chi connectivity index (χ0n) is 16.2. The first-order chi connectivity index (χ1) is 13.2. The Morgan fingerprint density at radius 1 is 1.18 bits per heavy atom. The van der Waals surface area contributed by atoms with Crippen molar-refractivity contribution in [3.63, 3.8) is 0 Å². The van der Waals surface area contributed by atoms with E-state index in [0.717, 1.165) is 16.5 Å². The quantitative estimate of drug-likeness (QED) is 0.615. The van der Waals surface area contributed by atoms with Crippen molar-refractivity contribution in [1.82, 2.24) is 9.78 Å². The topological polar surface area (TPSA) is 98.3 Å². The van der Waals surface area contributed by atoms with E-state index in [2.05, 4.69) is 5.10 Å². The number of fused-ring (bicyclic) bond motifs is 1. The molecule has 2 aromatic carbocycles. The van der Waals surface area contributed by atoms with Crippen LogP contribution in [-0.4, -0.2) is 36.8 Å². The summed E-state index contributed by atoms with van der Waals surface area (Å²) in [6, 6.07) is 12.5. The zero-order valence-corrected chi connectivity index (χ0v) is 17.0. The first-order valence-electron chi connectivity index (χ1n) is 8.98. The van der Waals surface area contributed by atoms with E-state index in [0.29, 0.717) is 11.3 Å². The molecule has 0 aliphatic carbocycles. The molecular formula is C20H24N4O3S. The Kier molecular flexibility index (Phi) is 5.53. The second-order valence-corrected chi connectivity index (χ2v) is 8.93. The average molecular weight is 401 g/mol. The molecule has 7 nitrogen and oxygen atoms in total. The molecule has 0 amide bonds. The van der Waals surface area contributed by atoms with Crippen molar-refractivity contribution >= 4 is 32.4 Å². The minimum atomic E-state index is -3.52. The maximum Gasteiger partial charge on any atom is 0.232 e. The highest BCUT2D eigenvalue weighted by molar-refractivity contribution is 7.92. The van der Waals surface area contributed by atoms with E-state index in [1.165, 1.54) is 10.6 Å². The Morgan fingerprint density at radius 2 is 1.86 bits per heavy atom. The number of carbonyl (C=O) groups excluding carboxylic acids is 1. The molecule has 28 heavy (non-hydrogen) atoms. The number of nitrogens with zero attached hydrogens (tertiary/aromatic N) is 3. The fourth-order valence-corrected chi connectivity index (χ4v) is 3.95. The van der Waals surface area contributed by atoms with Gasteiger partial charge in [-0.25, -0.2) is 8.42 Å². The van der Waals surface area contributed by atoms with Gasteiger partial charge in [-0.3, -0.25) is 13.8 Å². The van der Waals surface area contributed by atoms with E-state index in [1.807, 2.05) is 30.7 Å². The lowest BCUT2D eigenvalue weighted by Gasteiger charge is -2.23. The number of hydrogen-bond donors (Lipinski definition) is 1. The van der Waals surface area contributed by atoms with Crippen LogP contribution in [0, 0.1) is 0 Å². The monoisotopic (exact) mass is 400 g/mol. The Balaban J connectivity index is 1.98. The van der Waals surface area contributed by atoms with Gasteiger partial charge in [0, 0.05) is 17.0 Å². The van der Waals surface area contributed by atoms with E-state index in [9.17, 15) is 13.2 Å². The maximum absolute atomic E-state index is 12.5. The molecule has 1 heterocycles. The lowest BCUT2D eigenvalue weighted by atomic mass is 10.1. The number of ketones is 1. The Bertz CT molecular complexity index is 1100. The maximum atomic E-state index is 12.5. The minimum Gasteiger partial charge on any atom is -0.324 e. The van der Waals surface area contributed by atoms with Crippen LogP contribution in [0.25, 0.3) is 10.9 Å². The smallest absolute Gasteiger partial charge is 0.232 e. The van der Waals surface area contributed by atoms with Crippen LogP contribution in [0.4, 0.5) is 5.69 Å². The number of rotatable bonds is 7. The molecule has 0 fully saturated rings. The van der Waals surface area contributed by atoms with Crippen LogP contribution in [0.15, 0.2) is 48.7 Å². The van der Waals surface area contributed by atoms with E-state index in [-0.39, 0.29) is 24.9 Å². The van der Waals surface area contributed by atoms with Crippen LogP contribution >= 0.6 is 0 Å². The van der Waals surface area contributed by atoms with Gasteiger partial charge >= 0.3 is 0 Å². The molecule has 0 saturated heterocycles. The molecule has 0 radical (unpaired) electrons. The van der Waals surface area contributed by atoms with Gasteiger partial charge in [-0.2, -0.15) is 5.10 Å². The number of Topliss-reactive ketones (excluding diaryl/α,β-unsaturated/α-hetero) is 1. The predicted octanol–water partition coefficient (Wildman–Crippen LogP) is 2.72. The highest BCUT2D eigenvalue weighted by atomic mass is 32.2. The van der Waals surface area contributed by atoms with Gasteiger partial charge in [0.2, 0.25) is 10.0 Å². The standard InChI is InChI=1S/C20H24N4O3S/c1-14(2)24-19-10-18(9-8-17(19)12-22-24)23(28(3,26)27)13-15-4-6-16(7-5-15)20(25)11-21/h4-10,12,14H,11,13,21H2,1-3H3. The molecule has 1 aromatic heterocycles. The summed E-state index contributed by atoms with van der Waals surface area (Å²) < 4.78 is 28.2. The first kappa shape index (κ1) is 20.0. The molecule has 0 bridgehead atoms. The highest BCUT2D eigenvalue weighted by Crippen LogP contribution is 2.27. The van der Waals surface area contributed by atoms with Crippen LogP contribution in [0.2, 0.25) is 0 Å². The van der Waals surface area contributed by atoms with Crippen molar-refractivity contribution in [2.75, 3.05) is 17.1 Å². The molecule has 0 spiro atoms. The van der Waals surface area contributed by atoms with E-state index in [1.54, 1.807) is 36.5 Å². The number of benzene rings is 2. The van der Waals surface area contributed by atoms with Gasteiger partial charge in [0.15, 0.2) is 5.78 Å². The summed E-state index contributed by atoms with van der Waals surface area (Å²) >= 11 is 0. The summed E-state index contributed by atoms with van der Waals surface area (Å²) in [5, 5.41) is 5.34. The van der Waals surface area contributed by atoms with Crippen LogP contribution < -0.4 is 10.0 Å². The fourth-order valence-electron chi connectivity index (χ4n) is 3.07. The Morgan fingerprint density at radius 3 is 2.43 bits per heavy atom. The SMILES string of the molecule is CC(C)n1ncc2ccc(N(Cc3ccc(C(=O)CN)cc3)S(C)(=O)=O)cc21. The third-order valence-electron chi connectivity index (χ3n) is 4.55. The minimum absolute atomic E-state index is 0.0572. The van der Waals surface area contributed by atoms with Crippen LogP contribution in [0.5, 0.6) is 0 Å². The van der Waals surface area contributed by atoms with Crippen molar-refractivity contribution in [2.24, 2.45) is 5.73 Å². The van der Waals surface area contributed by atoms with Gasteiger partial charge in [-0.1, -0.05) is 24.3 Å². The molecule has 0 aliphatic heterocycles. The number of nitrogens with two attached hydrogens (primary N) is 1. The predicted molar refractivity (Wildman–Crippen MR) is 111 cm³/mol. The average Bonchev–Trinajstić information content (AvgIpc) is 3.08. The van der Waals surface area contributed by atoms with Gasteiger partial charge in [0.25, 0.3) is 0 Å². The number of anilines is 1. The van der Waals surface area contributed by atoms with Crippen LogP contribution in [-0.2, 0) is 16.6 Å². The molecule has 3 rings (SSSR count). The van der Waals surface area contributed by atoms with Gasteiger partial charge in [0.1, 0.15) is 0 Å². The largest absolute Gasteiger partial charge is 0.324 e. The van der Waals surface area contributed by atoms with E-state index >= 15 is 0 Å². The Hall–Kier alpha value is -2.71. The second kappa shape index (κ2) is 7.73. The Labute approximate surface area is 164 Å². The number of carbonyl (C=O) groups is 1. The molecule has 2 N–H and O–H groups in total. The van der Waals surface area contributed by atoms with Gasteiger partial charge in [-0.05, 0) is 37.6 Å². The summed E-state index contributed by atoms with van der Waals surface area (Å²) in [4.78, 5) is 11.7. The van der Waals surface area contributed by atoms with Crippen molar-refractivity contribution in [2.45, 2.75) is 26.4 Å².